The van der Waals surface area contributed by atoms with Crippen LogP contribution in [0.2, 0.25) is 5.02 Å². The zero-order chi connectivity index (χ0) is 19.8. The number of nitrogen functional groups attached to an aromatic ring is 1. The standard InChI is InChI=1S/C19H22ClN3O4/c1-3-22-18(24)11-27-13-6-4-5-12(7-13)10-23-19(25)14-8-15(20)16(21)9-17(14)26-2/h4-9H,3,10-11,21H2,1-2H3,(H,22,24)(H,23,25). The molecule has 4 N–H and O–H groups in total. The highest BCUT2D eigenvalue weighted by molar-refractivity contribution is 6.33. The van der Waals surface area contributed by atoms with Crippen LogP contribution in [0.5, 0.6) is 11.5 Å². The first-order chi connectivity index (χ1) is 12.9. The number of methoxy groups -OCH3 is 1. The Balaban J connectivity index is 2.00. The molecule has 0 saturated heterocycles. The number of carbonyl (C=O) groups is 2. The third-order valence-electron chi connectivity index (χ3n) is 3.66. The molecular formula is C19H22ClN3O4. The average Bonchev–Trinajstić information content (AvgIpc) is 2.66. The van der Waals surface area contributed by atoms with Crippen molar-refractivity contribution < 1.29 is 19.1 Å². The number of nitrogens with two attached hydrogens (primary N) is 1. The van der Waals surface area contributed by atoms with E-state index in [1.807, 2.05) is 13.0 Å². The lowest BCUT2D eigenvalue weighted by Gasteiger charge is -2.12. The monoisotopic (exact) mass is 391 g/mol. The van der Waals surface area contributed by atoms with Gasteiger partial charge in [0.1, 0.15) is 11.5 Å². The maximum absolute atomic E-state index is 12.5. The van der Waals surface area contributed by atoms with Crippen molar-refractivity contribution in [2.75, 3.05) is 26.0 Å². The van der Waals surface area contributed by atoms with E-state index in [2.05, 4.69) is 10.6 Å². The number of amides is 2. The third-order valence-corrected chi connectivity index (χ3v) is 3.99. The van der Waals surface area contributed by atoms with Crippen molar-refractivity contribution in [2.45, 2.75) is 13.5 Å². The van der Waals surface area contributed by atoms with Gasteiger partial charge in [-0.2, -0.15) is 0 Å². The molecule has 2 aromatic rings. The van der Waals surface area contributed by atoms with Crippen LogP contribution < -0.4 is 25.8 Å². The number of ether oxygens (including phenoxy) is 2. The van der Waals surface area contributed by atoms with Crippen molar-refractivity contribution in [3.05, 3.63) is 52.5 Å². The zero-order valence-corrected chi connectivity index (χ0v) is 15.9. The first-order valence-electron chi connectivity index (χ1n) is 8.34. The molecule has 7 nitrogen and oxygen atoms in total. The Kier molecular flexibility index (Phi) is 7.31. The van der Waals surface area contributed by atoms with E-state index in [1.54, 1.807) is 18.2 Å². The van der Waals surface area contributed by atoms with Gasteiger partial charge in [0.15, 0.2) is 6.61 Å². The van der Waals surface area contributed by atoms with Gasteiger partial charge in [0.25, 0.3) is 11.8 Å². The largest absolute Gasteiger partial charge is 0.496 e. The van der Waals surface area contributed by atoms with E-state index in [1.165, 1.54) is 19.2 Å². The van der Waals surface area contributed by atoms with Crippen molar-refractivity contribution >= 4 is 29.1 Å². The summed E-state index contributed by atoms with van der Waals surface area (Å²) in [7, 11) is 1.45. The van der Waals surface area contributed by atoms with Crippen molar-refractivity contribution in [1.82, 2.24) is 10.6 Å². The molecule has 27 heavy (non-hydrogen) atoms. The molecule has 0 radical (unpaired) electrons. The lowest BCUT2D eigenvalue weighted by molar-refractivity contribution is -0.122. The molecule has 144 valence electrons. The summed E-state index contributed by atoms with van der Waals surface area (Å²) in [6, 6.07) is 10.1. The molecule has 0 aliphatic heterocycles. The Morgan fingerprint density at radius 2 is 1.96 bits per heavy atom. The van der Waals surface area contributed by atoms with Gasteiger partial charge in [-0.3, -0.25) is 9.59 Å². The van der Waals surface area contributed by atoms with Gasteiger partial charge in [-0.05, 0) is 30.7 Å². The van der Waals surface area contributed by atoms with Crippen LogP contribution in [0.3, 0.4) is 0 Å². The molecule has 2 rings (SSSR count). The van der Waals surface area contributed by atoms with Crippen LogP contribution in [0, 0.1) is 0 Å². The van der Waals surface area contributed by atoms with E-state index >= 15 is 0 Å². The zero-order valence-electron chi connectivity index (χ0n) is 15.2. The number of hydrogen-bond acceptors (Lipinski definition) is 5. The van der Waals surface area contributed by atoms with Gasteiger partial charge in [0.05, 0.1) is 23.4 Å². The number of benzene rings is 2. The summed E-state index contributed by atoms with van der Waals surface area (Å²) in [6.45, 7) is 2.59. The highest BCUT2D eigenvalue weighted by Crippen LogP contribution is 2.28. The maximum atomic E-state index is 12.5. The Labute approximate surface area is 162 Å². The van der Waals surface area contributed by atoms with Gasteiger partial charge in [0.2, 0.25) is 0 Å². The Morgan fingerprint density at radius 3 is 2.67 bits per heavy atom. The summed E-state index contributed by atoms with van der Waals surface area (Å²) < 4.78 is 10.6. The van der Waals surface area contributed by atoms with Crippen molar-refractivity contribution in [3.8, 4) is 11.5 Å². The van der Waals surface area contributed by atoms with Gasteiger partial charge < -0.3 is 25.8 Å². The SMILES string of the molecule is CCNC(=O)COc1cccc(CNC(=O)c2cc(Cl)c(N)cc2OC)c1. The molecule has 8 heteroatoms. The second kappa shape index (κ2) is 9.68. The molecule has 0 fully saturated rings. The van der Waals surface area contributed by atoms with E-state index in [0.717, 1.165) is 5.56 Å². The van der Waals surface area contributed by atoms with Gasteiger partial charge in [0, 0.05) is 19.2 Å². The number of anilines is 1. The molecule has 0 bridgehead atoms. The summed E-state index contributed by atoms with van der Waals surface area (Å²) in [5.41, 5.74) is 7.17. The quantitative estimate of drug-likeness (QED) is 0.599. The first kappa shape index (κ1) is 20.4. The molecular weight excluding hydrogens is 370 g/mol. The summed E-state index contributed by atoms with van der Waals surface area (Å²) in [6.07, 6.45) is 0. The molecule has 2 aromatic carbocycles. The molecule has 0 atom stereocenters. The van der Waals surface area contributed by atoms with Crippen LogP contribution in [0.15, 0.2) is 36.4 Å². The molecule has 0 aromatic heterocycles. The van der Waals surface area contributed by atoms with Crippen LogP contribution in [0.4, 0.5) is 5.69 Å². The topological polar surface area (TPSA) is 103 Å². The molecule has 0 unspecified atom stereocenters. The number of carbonyl (C=O) groups excluding carboxylic acids is 2. The third kappa shape index (κ3) is 5.79. The Bertz CT molecular complexity index is 827. The van der Waals surface area contributed by atoms with E-state index in [9.17, 15) is 9.59 Å². The van der Waals surface area contributed by atoms with E-state index in [0.29, 0.717) is 29.3 Å². The fourth-order valence-electron chi connectivity index (χ4n) is 2.34. The van der Waals surface area contributed by atoms with Crippen LogP contribution in [-0.2, 0) is 11.3 Å². The highest BCUT2D eigenvalue weighted by Gasteiger charge is 2.15. The van der Waals surface area contributed by atoms with Gasteiger partial charge >= 0.3 is 0 Å². The minimum atomic E-state index is -0.345. The number of hydrogen-bond donors (Lipinski definition) is 3. The van der Waals surface area contributed by atoms with Crippen LogP contribution in [0.25, 0.3) is 0 Å². The lowest BCUT2D eigenvalue weighted by Crippen LogP contribution is -2.28. The predicted octanol–water partition coefficient (Wildman–Crippen LogP) is 2.38. The smallest absolute Gasteiger partial charge is 0.257 e. The van der Waals surface area contributed by atoms with E-state index < -0.39 is 0 Å². The average molecular weight is 392 g/mol. The fraction of sp³-hybridized carbons (Fsp3) is 0.263. The van der Waals surface area contributed by atoms with Crippen LogP contribution in [-0.4, -0.2) is 32.1 Å². The fourth-order valence-corrected chi connectivity index (χ4v) is 2.50. The molecule has 0 saturated carbocycles. The van der Waals surface area contributed by atoms with Crippen LogP contribution in [0.1, 0.15) is 22.8 Å². The Morgan fingerprint density at radius 1 is 1.19 bits per heavy atom. The van der Waals surface area contributed by atoms with Crippen LogP contribution >= 0.6 is 11.6 Å². The summed E-state index contributed by atoms with van der Waals surface area (Å²) in [4.78, 5) is 23.9. The van der Waals surface area contributed by atoms with Crippen molar-refractivity contribution in [3.63, 3.8) is 0 Å². The maximum Gasteiger partial charge on any atom is 0.257 e. The molecule has 0 aliphatic carbocycles. The normalized spacial score (nSPS) is 10.2. The predicted molar refractivity (Wildman–Crippen MR) is 104 cm³/mol. The molecule has 0 aliphatic rings. The molecule has 2 amide bonds. The number of likely N-dealkylation sites (N-methyl/N-ethyl adjacent to an activating group) is 1. The summed E-state index contributed by atoms with van der Waals surface area (Å²) in [5, 5.41) is 5.73. The molecule has 0 spiro atoms. The second-order valence-electron chi connectivity index (χ2n) is 5.65. The summed E-state index contributed by atoms with van der Waals surface area (Å²) >= 11 is 6.00. The van der Waals surface area contributed by atoms with Gasteiger partial charge in [-0.15, -0.1) is 0 Å². The van der Waals surface area contributed by atoms with Crippen molar-refractivity contribution in [1.29, 1.82) is 0 Å². The first-order valence-corrected chi connectivity index (χ1v) is 8.72. The summed E-state index contributed by atoms with van der Waals surface area (Å²) in [5.74, 6) is 0.348. The van der Waals surface area contributed by atoms with E-state index in [4.69, 9.17) is 26.8 Å². The van der Waals surface area contributed by atoms with Gasteiger partial charge in [-0.25, -0.2) is 0 Å². The number of nitrogens with one attached hydrogen (secondary N) is 2. The minimum Gasteiger partial charge on any atom is -0.496 e. The highest BCUT2D eigenvalue weighted by atomic mass is 35.5. The molecule has 0 heterocycles. The van der Waals surface area contributed by atoms with Gasteiger partial charge in [-0.1, -0.05) is 23.7 Å². The van der Waals surface area contributed by atoms with E-state index in [-0.39, 0.29) is 30.0 Å². The van der Waals surface area contributed by atoms with Crippen molar-refractivity contribution in [2.24, 2.45) is 0 Å². The number of halogens is 1. The lowest BCUT2D eigenvalue weighted by atomic mass is 10.1. The number of rotatable bonds is 8. The Hall–Kier alpha value is -2.93. The minimum absolute atomic E-state index is 0.0647. The second-order valence-corrected chi connectivity index (χ2v) is 6.05.